The van der Waals surface area contributed by atoms with Gasteiger partial charge in [-0.15, -0.1) is 0 Å². The molecule has 1 aliphatic rings. The van der Waals surface area contributed by atoms with Crippen molar-refractivity contribution in [3.8, 4) is 5.75 Å². The number of nitrogens with one attached hydrogen (secondary N) is 1. The molecule has 4 nitrogen and oxygen atoms in total. The highest BCUT2D eigenvalue weighted by Gasteiger charge is 2.25. The molecule has 2 N–H and O–H groups in total. The highest BCUT2D eigenvalue weighted by molar-refractivity contribution is 5.96. The fourth-order valence-electron chi connectivity index (χ4n) is 2.11. The van der Waals surface area contributed by atoms with Gasteiger partial charge in [0.2, 0.25) is 0 Å². The first-order valence-corrected chi connectivity index (χ1v) is 7.80. The number of hydrogen-bond acceptors (Lipinski definition) is 3. The van der Waals surface area contributed by atoms with Crippen molar-refractivity contribution in [1.29, 1.82) is 0 Å². The summed E-state index contributed by atoms with van der Waals surface area (Å²) in [6, 6.07) is 7.27. The third kappa shape index (κ3) is 4.46. The van der Waals surface area contributed by atoms with Gasteiger partial charge in [0.05, 0.1) is 17.8 Å². The maximum absolute atomic E-state index is 12.3. The van der Waals surface area contributed by atoms with Crippen molar-refractivity contribution in [2.75, 3.05) is 13.2 Å². The van der Waals surface area contributed by atoms with Gasteiger partial charge in [-0.1, -0.05) is 26.0 Å². The molecule has 1 saturated carbocycles. The van der Waals surface area contributed by atoms with Crippen molar-refractivity contribution in [2.45, 2.75) is 45.1 Å². The van der Waals surface area contributed by atoms with Crippen LogP contribution < -0.4 is 10.1 Å². The molecule has 0 spiro atoms. The maximum Gasteiger partial charge on any atom is 0.255 e. The summed E-state index contributed by atoms with van der Waals surface area (Å²) in [5.74, 6) is 1.08. The van der Waals surface area contributed by atoms with Crippen molar-refractivity contribution in [3.05, 3.63) is 29.8 Å². The largest absolute Gasteiger partial charge is 0.492 e. The Kier molecular flexibility index (Phi) is 5.23. The molecule has 0 heterocycles. The van der Waals surface area contributed by atoms with Gasteiger partial charge in [-0.3, -0.25) is 4.79 Å². The lowest BCUT2D eigenvalue weighted by atomic mass is 9.97. The molecule has 4 heteroatoms. The van der Waals surface area contributed by atoms with Crippen LogP contribution in [0.15, 0.2) is 24.3 Å². The molecular weight excluding hydrogens is 266 g/mol. The van der Waals surface area contributed by atoms with Gasteiger partial charge in [0.15, 0.2) is 0 Å². The Labute approximate surface area is 126 Å². The number of aliphatic hydroxyl groups is 1. The second kappa shape index (κ2) is 6.94. The number of rotatable bonds is 8. The molecule has 0 aliphatic heterocycles. The number of benzene rings is 1. The second-order valence-electron chi connectivity index (χ2n) is 5.86. The lowest BCUT2D eigenvalue weighted by Gasteiger charge is -2.25. The predicted octanol–water partition coefficient (Wildman–Crippen LogP) is 2.76. The standard InChI is InChI=1S/C17H25NO3/c1-3-17(20,4-2)12-18-16(19)14-7-5-6-8-15(14)21-11-13-9-10-13/h5-8,13,20H,3-4,9-12H2,1-2H3,(H,18,19). The number of amides is 1. The zero-order valence-electron chi connectivity index (χ0n) is 12.9. The molecule has 1 aromatic rings. The van der Waals surface area contributed by atoms with E-state index in [0.29, 0.717) is 36.7 Å². The topological polar surface area (TPSA) is 58.6 Å². The van der Waals surface area contributed by atoms with E-state index < -0.39 is 5.60 Å². The average Bonchev–Trinajstić information content (AvgIpc) is 3.35. The molecule has 116 valence electrons. The minimum atomic E-state index is -0.834. The van der Waals surface area contributed by atoms with Gasteiger partial charge in [-0.25, -0.2) is 0 Å². The maximum atomic E-state index is 12.3. The molecule has 0 unspecified atom stereocenters. The Morgan fingerprint density at radius 3 is 2.62 bits per heavy atom. The third-order valence-corrected chi connectivity index (χ3v) is 4.20. The predicted molar refractivity (Wildman–Crippen MR) is 82.5 cm³/mol. The van der Waals surface area contributed by atoms with Crippen LogP contribution in [0.1, 0.15) is 49.9 Å². The number of para-hydroxylation sites is 1. The van der Waals surface area contributed by atoms with Gasteiger partial charge < -0.3 is 15.2 Å². The molecule has 2 rings (SSSR count). The molecule has 1 aliphatic carbocycles. The lowest BCUT2D eigenvalue weighted by molar-refractivity contribution is 0.0313. The van der Waals surface area contributed by atoms with Crippen LogP contribution in [0.5, 0.6) is 5.75 Å². The molecule has 0 saturated heterocycles. The van der Waals surface area contributed by atoms with Gasteiger partial charge in [0.1, 0.15) is 5.75 Å². The Morgan fingerprint density at radius 1 is 1.33 bits per heavy atom. The Hall–Kier alpha value is -1.55. The van der Waals surface area contributed by atoms with E-state index in [1.165, 1.54) is 12.8 Å². The first-order valence-electron chi connectivity index (χ1n) is 7.80. The molecule has 0 radical (unpaired) electrons. The van der Waals surface area contributed by atoms with Crippen molar-refractivity contribution >= 4 is 5.91 Å². The normalized spacial score (nSPS) is 14.8. The minimum absolute atomic E-state index is 0.193. The third-order valence-electron chi connectivity index (χ3n) is 4.20. The number of hydrogen-bond donors (Lipinski definition) is 2. The van der Waals surface area contributed by atoms with E-state index in [9.17, 15) is 9.90 Å². The van der Waals surface area contributed by atoms with E-state index in [0.717, 1.165) is 0 Å². The van der Waals surface area contributed by atoms with E-state index in [1.54, 1.807) is 6.07 Å². The van der Waals surface area contributed by atoms with Crippen LogP contribution in [-0.2, 0) is 0 Å². The summed E-state index contributed by atoms with van der Waals surface area (Å²) in [7, 11) is 0. The van der Waals surface area contributed by atoms with Crippen molar-refractivity contribution < 1.29 is 14.6 Å². The van der Waals surface area contributed by atoms with Crippen LogP contribution in [0.4, 0.5) is 0 Å². The van der Waals surface area contributed by atoms with Crippen LogP contribution >= 0.6 is 0 Å². The Morgan fingerprint density at radius 2 is 2.00 bits per heavy atom. The SMILES string of the molecule is CCC(O)(CC)CNC(=O)c1ccccc1OCC1CC1. The average molecular weight is 291 g/mol. The summed E-state index contributed by atoms with van der Waals surface area (Å²) in [4.78, 5) is 12.3. The van der Waals surface area contributed by atoms with Crippen LogP contribution in [0.3, 0.4) is 0 Å². The fraction of sp³-hybridized carbons (Fsp3) is 0.588. The summed E-state index contributed by atoms with van der Waals surface area (Å²) >= 11 is 0. The number of carbonyl (C=O) groups is 1. The van der Waals surface area contributed by atoms with Gasteiger partial charge in [0.25, 0.3) is 5.91 Å². The van der Waals surface area contributed by atoms with Gasteiger partial charge in [0, 0.05) is 6.54 Å². The summed E-state index contributed by atoms with van der Waals surface area (Å²) in [5.41, 5.74) is -0.299. The fourth-order valence-corrected chi connectivity index (χ4v) is 2.11. The van der Waals surface area contributed by atoms with E-state index in [-0.39, 0.29) is 12.5 Å². The van der Waals surface area contributed by atoms with Crippen LogP contribution in [0.2, 0.25) is 0 Å². The van der Waals surface area contributed by atoms with E-state index in [4.69, 9.17) is 4.74 Å². The molecular formula is C17H25NO3. The van der Waals surface area contributed by atoms with Gasteiger partial charge in [-0.2, -0.15) is 0 Å². The summed E-state index contributed by atoms with van der Waals surface area (Å²) in [6.07, 6.45) is 3.66. The monoisotopic (exact) mass is 291 g/mol. The molecule has 0 atom stereocenters. The van der Waals surface area contributed by atoms with Crippen molar-refractivity contribution in [3.63, 3.8) is 0 Å². The number of carbonyl (C=O) groups excluding carboxylic acids is 1. The Bertz CT molecular complexity index is 479. The summed E-state index contributed by atoms with van der Waals surface area (Å²) in [6.45, 7) is 4.78. The highest BCUT2D eigenvalue weighted by atomic mass is 16.5. The van der Waals surface area contributed by atoms with Crippen molar-refractivity contribution in [1.82, 2.24) is 5.32 Å². The molecule has 21 heavy (non-hydrogen) atoms. The lowest BCUT2D eigenvalue weighted by Crippen LogP contribution is -2.42. The van der Waals surface area contributed by atoms with Crippen molar-refractivity contribution in [2.24, 2.45) is 5.92 Å². The quantitative estimate of drug-likeness (QED) is 0.774. The first-order chi connectivity index (χ1) is 10.1. The molecule has 0 bridgehead atoms. The summed E-state index contributed by atoms with van der Waals surface area (Å²) < 4.78 is 5.74. The van der Waals surface area contributed by atoms with E-state index >= 15 is 0 Å². The van der Waals surface area contributed by atoms with Gasteiger partial charge in [-0.05, 0) is 43.7 Å². The highest BCUT2D eigenvalue weighted by Crippen LogP contribution is 2.30. The van der Waals surface area contributed by atoms with Crippen LogP contribution in [0.25, 0.3) is 0 Å². The summed E-state index contributed by atoms with van der Waals surface area (Å²) in [5, 5.41) is 13.0. The zero-order valence-corrected chi connectivity index (χ0v) is 12.9. The van der Waals surface area contributed by atoms with E-state index in [2.05, 4.69) is 5.32 Å². The molecule has 1 aromatic carbocycles. The first kappa shape index (κ1) is 15.8. The number of ether oxygens (including phenoxy) is 1. The Balaban J connectivity index is 1.97. The van der Waals surface area contributed by atoms with Gasteiger partial charge >= 0.3 is 0 Å². The van der Waals surface area contributed by atoms with E-state index in [1.807, 2.05) is 32.0 Å². The zero-order chi connectivity index (χ0) is 15.3. The van der Waals surface area contributed by atoms with Crippen LogP contribution in [-0.4, -0.2) is 29.8 Å². The molecule has 0 aromatic heterocycles. The second-order valence-corrected chi connectivity index (χ2v) is 5.86. The smallest absolute Gasteiger partial charge is 0.255 e. The molecule has 1 fully saturated rings. The van der Waals surface area contributed by atoms with Crippen LogP contribution in [0, 0.1) is 5.92 Å². The molecule has 1 amide bonds. The minimum Gasteiger partial charge on any atom is -0.492 e.